The molecule has 0 atom stereocenters. The second-order valence-electron chi connectivity index (χ2n) is 6.43. The molecule has 1 aliphatic rings. The molecule has 0 unspecified atom stereocenters. The van der Waals surface area contributed by atoms with Crippen molar-refractivity contribution in [2.45, 2.75) is 32.7 Å². The highest BCUT2D eigenvalue weighted by molar-refractivity contribution is 6.03. The second-order valence-corrected chi connectivity index (χ2v) is 6.43. The number of nitrogens with one attached hydrogen (secondary N) is 1. The molecule has 1 amide bonds. The number of rotatable bonds is 4. The molecule has 0 aliphatic heterocycles. The summed E-state index contributed by atoms with van der Waals surface area (Å²) in [6.07, 6.45) is 5.62. The lowest BCUT2D eigenvalue weighted by Crippen LogP contribution is -2.23. The van der Waals surface area contributed by atoms with Gasteiger partial charge in [-0.2, -0.15) is 5.10 Å². The van der Waals surface area contributed by atoms with Crippen molar-refractivity contribution in [1.29, 1.82) is 0 Å². The van der Waals surface area contributed by atoms with Gasteiger partial charge in [0.05, 0.1) is 11.3 Å². The Morgan fingerprint density at radius 2 is 2.08 bits per heavy atom. The van der Waals surface area contributed by atoms with Crippen LogP contribution in [0.2, 0.25) is 0 Å². The molecule has 6 heteroatoms. The highest BCUT2D eigenvalue weighted by Gasteiger charge is 2.28. The summed E-state index contributed by atoms with van der Waals surface area (Å²) in [6, 6.07) is 9.65. The van der Waals surface area contributed by atoms with Crippen LogP contribution in [0, 0.1) is 6.92 Å². The zero-order valence-corrected chi connectivity index (χ0v) is 14.5. The van der Waals surface area contributed by atoms with Gasteiger partial charge in [-0.05, 0) is 37.1 Å². The predicted octanol–water partition coefficient (Wildman–Crippen LogP) is 3.22. The molecular formula is C20H19N3O3. The fourth-order valence-corrected chi connectivity index (χ4v) is 3.32. The van der Waals surface area contributed by atoms with Gasteiger partial charge in [0.1, 0.15) is 5.76 Å². The molecule has 2 heterocycles. The van der Waals surface area contributed by atoms with Gasteiger partial charge in [0.2, 0.25) is 0 Å². The van der Waals surface area contributed by atoms with E-state index in [9.17, 15) is 9.59 Å². The number of fused-ring (bicyclic) bond motifs is 1. The van der Waals surface area contributed by atoms with E-state index in [-0.39, 0.29) is 17.5 Å². The number of aryl methyl sites for hydroxylation is 1. The third-order valence-electron chi connectivity index (χ3n) is 4.67. The van der Waals surface area contributed by atoms with Gasteiger partial charge in [-0.3, -0.25) is 9.59 Å². The number of carbonyl (C=O) groups is 2. The minimum atomic E-state index is -0.291. The molecule has 0 saturated heterocycles. The second kappa shape index (κ2) is 6.63. The Hall–Kier alpha value is -3.15. The zero-order valence-electron chi connectivity index (χ0n) is 14.5. The Morgan fingerprint density at radius 3 is 2.77 bits per heavy atom. The van der Waals surface area contributed by atoms with Crippen molar-refractivity contribution in [2.75, 3.05) is 0 Å². The molecule has 1 aliphatic carbocycles. The molecule has 2 aromatic heterocycles. The van der Waals surface area contributed by atoms with Crippen LogP contribution in [0.3, 0.4) is 0 Å². The van der Waals surface area contributed by atoms with E-state index >= 15 is 0 Å². The van der Waals surface area contributed by atoms with Gasteiger partial charge in [-0.1, -0.05) is 12.1 Å². The van der Waals surface area contributed by atoms with Crippen molar-refractivity contribution in [3.05, 3.63) is 70.9 Å². The van der Waals surface area contributed by atoms with Crippen LogP contribution in [0.5, 0.6) is 0 Å². The first-order valence-corrected chi connectivity index (χ1v) is 8.66. The van der Waals surface area contributed by atoms with Crippen LogP contribution in [0.15, 0.2) is 47.1 Å². The third-order valence-corrected chi connectivity index (χ3v) is 4.67. The number of nitrogens with zero attached hydrogens (tertiary/aromatic N) is 2. The van der Waals surface area contributed by atoms with Gasteiger partial charge in [0, 0.05) is 37.3 Å². The third kappa shape index (κ3) is 2.94. The van der Waals surface area contributed by atoms with Crippen molar-refractivity contribution >= 4 is 11.7 Å². The normalized spacial score (nSPS) is 13.5. The summed E-state index contributed by atoms with van der Waals surface area (Å²) in [5.74, 6) is 0.674. The average molecular weight is 349 g/mol. The van der Waals surface area contributed by atoms with Gasteiger partial charge in [-0.25, -0.2) is 4.68 Å². The zero-order chi connectivity index (χ0) is 18.1. The van der Waals surface area contributed by atoms with Crippen LogP contribution in [-0.4, -0.2) is 21.5 Å². The molecule has 0 saturated carbocycles. The Balaban J connectivity index is 1.45. The first kappa shape index (κ1) is 16.3. The number of carbonyl (C=O) groups excluding carboxylic acids is 2. The largest absolute Gasteiger partial charge is 0.455 e. The summed E-state index contributed by atoms with van der Waals surface area (Å²) in [6.45, 7) is 2.16. The molecule has 6 nitrogen and oxygen atoms in total. The monoisotopic (exact) mass is 349 g/mol. The molecular weight excluding hydrogens is 330 g/mol. The van der Waals surface area contributed by atoms with Crippen molar-refractivity contribution in [3.8, 4) is 5.69 Å². The van der Waals surface area contributed by atoms with Crippen molar-refractivity contribution in [1.82, 2.24) is 15.1 Å². The molecule has 0 spiro atoms. The minimum absolute atomic E-state index is 0.0701. The summed E-state index contributed by atoms with van der Waals surface area (Å²) >= 11 is 0. The van der Waals surface area contributed by atoms with E-state index in [2.05, 4.69) is 10.4 Å². The maximum atomic E-state index is 12.5. The maximum absolute atomic E-state index is 12.5. The molecule has 0 radical (unpaired) electrons. The summed E-state index contributed by atoms with van der Waals surface area (Å²) < 4.78 is 7.46. The molecule has 1 N–H and O–H groups in total. The summed E-state index contributed by atoms with van der Waals surface area (Å²) in [5.41, 5.74) is 3.18. The fourth-order valence-electron chi connectivity index (χ4n) is 3.32. The standard InChI is InChI=1S/C20H19N3O3/c1-13-18-16(24)4-2-5-17(18)26-19(13)20(25)21-12-14-6-8-15(9-7-14)23-11-3-10-22-23/h3,6-11H,2,4-5,12H2,1H3,(H,21,25). The Kier molecular flexibility index (Phi) is 4.16. The molecule has 26 heavy (non-hydrogen) atoms. The van der Waals surface area contributed by atoms with Crippen LogP contribution in [0.25, 0.3) is 5.69 Å². The molecule has 132 valence electrons. The smallest absolute Gasteiger partial charge is 0.287 e. The van der Waals surface area contributed by atoms with Gasteiger partial charge in [0.25, 0.3) is 5.91 Å². The van der Waals surface area contributed by atoms with E-state index < -0.39 is 0 Å². The topological polar surface area (TPSA) is 77.1 Å². The number of hydrogen-bond donors (Lipinski definition) is 1. The number of furan rings is 1. The quantitative estimate of drug-likeness (QED) is 0.784. The van der Waals surface area contributed by atoms with Crippen LogP contribution >= 0.6 is 0 Å². The SMILES string of the molecule is Cc1c(C(=O)NCc2ccc(-n3cccn3)cc2)oc2c1C(=O)CCC2. The summed E-state index contributed by atoms with van der Waals surface area (Å²) in [7, 11) is 0. The first-order valence-electron chi connectivity index (χ1n) is 8.66. The number of Topliss-reactive ketones (excluding diaryl/α,β-unsaturated/α-hetero) is 1. The van der Waals surface area contributed by atoms with E-state index in [0.29, 0.717) is 36.3 Å². The number of amides is 1. The Labute approximate surface area is 150 Å². The predicted molar refractivity (Wildman–Crippen MR) is 95.4 cm³/mol. The van der Waals surface area contributed by atoms with Crippen molar-refractivity contribution < 1.29 is 14.0 Å². The molecule has 1 aromatic carbocycles. The van der Waals surface area contributed by atoms with E-state index in [1.165, 1.54) is 0 Å². The number of aromatic nitrogens is 2. The molecule has 4 rings (SSSR count). The van der Waals surface area contributed by atoms with E-state index in [0.717, 1.165) is 17.7 Å². The van der Waals surface area contributed by atoms with Gasteiger partial charge >= 0.3 is 0 Å². The first-order chi connectivity index (χ1) is 12.6. The number of hydrogen-bond acceptors (Lipinski definition) is 4. The van der Waals surface area contributed by atoms with Crippen LogP contribution in [0.4, 0.5) is 0 Å². The highest BCUT2D eigenvalue weighted by Crippen LogP contribution is 2.29. The lowest BCUT2D eigenvalue weighted by atomic mass is 9.94. The number of benzene rings is 1. The van der Waals surface area contributed by atoms with Crippen LogP contribution in [0.1, 0.15) is 50.6 Å². The summed E-state index contributed by atoms with van der Waals surface area (Å²) in [5, 5.41) is 7.05. The molecule has 0 bridgehead atoms. The van der Waals surface area contributed by atoms with Crippen molar-refractivity contribution in [2.24, 2.45) is 0 Å². The molecule has 3 aromatic rings. The van der Waals surface area contributed by atoms with Gasteiger partial charge in [0.15, 0.2) is 11.5 Å². The lowest BCUT2D eigenvalue weighted by Gasteiger charge is -2.07. The van der Waals surface area contributed by atoms with E-state index in [4.69, 9.17) is 4.42 Å². The van der Waals surface area contributed by atoms with Gasteiger partial charge < -0.3 is 9.73 Å². The highest BCUT2D eigenvalue weighted by atomic mass is 16.4. The van der Waals surface area contributed by atoms with Gasteiger partial charge in [-0.15, -0.1) is 0 Å². The Bertz CT molecular complexity index is 953. The summed E-state index contributed by atoms with van der Waals surface area (Å²) in [4.78, 5) is 24.5. The van der Waals surface area contributed by atoms with E-state index in [1.807, 2.05) is 36.5 Å². The minimum Gasteiger partial charge on any atom is -0.455 e. The van der Waals surface area contributed by atoms with Crippen molar-refractivity contribution in [3.63, 3.8) is 0 Å². The average Bonchev–Trinajstić information content (AvgIpc) is 3.29. The number of ketones is 1. The Morgan fingerprint density at radius 1 is 1.27 bits per heavy atom. The van der Waals surface area contributed by atoms with Crippen LogP contribution < -0.4 is 5.32 Å². The van der Waals surface area contributed by atoms with Crippen LogP contribution in [-0.2, 0) is 13.0 Å². The lowest BCUT2D eigenvalue weighted by molar-refractivity contribution is 0.0917. The van der Waals surface area contributed by atoms with E-state index in [1.54, 1.807) is 17.8 Å². The molecule has 0 fully saturated rings. The maximum Gasteiger partial charge on any atom is 0.287 e. The fraction of sp³-hybridized carbons (Fsp3) is 0.250.